The summed E-state index contributed by atoms with van der Waals surface area (Å²) in [7, 11) is 0. The van der Waals surface area contributed by atoms with Crippen LogP contribution in [0.4, 0.5) is 0 Å². The summed E-state index contributed by atoms with van der Waals surface area (Å²) in [6.07, 6.45) is 4.88. The number of hydrogen-bond donors (Lipinski definition) is 1. The van der Waals surface area contributed by atoms with Gasteiger partial charge in [-0.15, -0.1) is 0 Å². The molecule has 1 fully saturated rings. The SMILES string of the molecule is CCc1cc2c(cc1C1CCCCN1)OCCO2. The van der Waals surface area contributed by atoms with Crippen LogP contribution in [0.25, 0.3) is 0 Å². The highest BCUT2D eigenvalue weighted by atomic mass is 16.6. The van der Waals surface area contributed by atoms with Crippen LogP contribution >= 0.6 is 0 Å². The topological polar surface area (TPSA) is 30.5 Å². The average molecular weight is 247 g/mol. The Balaban J connectivity index is 1.95. The maximum Gasteiger partial charge on any atom is 0.161 e. The van der Waals surface area contributed by atoms with Gasteiger partial charge in [0.05, 0.1) is 0 Å². The predicted molar refractivity (Wildman–Crippen MR) is 71.4 cm³/mol. The van der Waals surface area contributed by atoms with E-state index in [1.54, 1.807) is 0 Å². The lowest BCUT2D eigenvalue weighted by molar-refractivity contribution is 0.171. The van der Waals surface area contributed by atoms with Crippen molar-refractivity contribution < 1.29 is 9.47 Å². The van der Waals surface area contributed by atoms with Crippen molar-refractivity contribution in [3.63, 3.8) is 0 Å². The molecule has 2 heterocycles. The van der Waals surface area contributed by atoms with Gasteiger partial charge >= 0.3 is 0 Å². The van der Waals surface area contributed by atoms with Gasteiger partial charge in [-0.05, 0) is 49.1 Å². The van der Waals surface area contributed by atoms with Crippen LogP contribution in [-0.2, 0) is 6.42 Å². The number of ether oxygens (including phenoxy) is 2. The van der Waals surface area contributed by atoms with E-state index in [-0.39, 0.29) is 0 Å². The number of hydrogen-bond acceptors (Lipinski definition) is 3. The first-order valence-corrected chi connectivity index (χ1v) is 7.04. The molecule has 1 aromatic carbocycles. The van der Waals surface area contributed by atoms with E-state index in [2.05, 4.69) is 24.4 Å². The standard InChI is InChI=1S/C15H21NO2/c1-2-11-9-14-15(18-8-7-17-14)10-12(11)13-5-3-4-6-16-13/h9-10,13,16H,2-8H2,1H3. The Labute approximate surface area is 108 Å². The molecule has 0 aromatic heterocycles. The molecule has 1 N–H and O–H groups in total. The van der Waals surface area contributed by atoms with Crippen molar-refractivity contribution >= 4 is 0 Å². The number of aryl methyl sites for hydroxylation is 1. The second-order valence-corrected chi connectivity index (χ2v) is 5.05. The lowest BCUT2D eigenvalue weighted by atomic mass is 9.92. The summed E-state index contributed by atoms with van der Waals surface area (Å²) in [5.41, 5.74) is 2.79. The molecule has 3 nitrogen and oxygen atoms in total. The van der Waals surface area contributed by atoms with Gasteiger partial charge in [-0.1, -0.05) is 13.3 Å². The van der Waals surface area contributed by atoms with Crippen LogP contribution in [0.3, 0.4) is 0 Å². The Bertz CT molecular complexity index is 425. The molecule has 0 aliphatic carbocycles. The number of benzene rings is 1. The van der Waals surface area contributed by atoms with Gasteiger partial charge in [0.2, 0.25) is 0 Å². The first-order chi connectivity index (χ1) is 8.88. The molecule has 2 aliphatic heterocycles. The smallest absolute Gasteiger partial charge is 0.161 e. The van der Waals surface area contributed by atoms with Gasteiger partial charge in [0.15, 0.2) is 11.5 Å². The van der Waals surface area contributed by atoms with E-state index in [1.807, 2.05) is 0 Å². The van der Waals surface area contributed by atoms with E-state index in [1.165, 1.54) is 30.4 Å². The van der Waals surface area contributed by atoms with E-state index in [4.69, 9.17) is 9.47 Å². The first kappa shape index (κ1) is 11.8. The predicted octanol–water partition coefficient (Wildman–Crippen LogP) is 2.83. The maximum absolute atomic E-state index is 5.70. The summed E-state index contributed by atoms with van der Waals surface area (Å²) >= 11 is 0. The largest absolute Gasteiger partial charge is 0.486 e. The molecular weight excluding hydrogens is 226 g/mol. The first-order valence-electron chi connectivity index (χ1n) is 7.04. The second-order valence-electron chi connectivity index (χ2n) is 5.05. The Kier molecular flexibility index (Phi) is 3.41. The molecule has 0 saturated carbocycles. The van der Waals surface area contributed by atoms with E-state index in [0.717, 1.165) is 24.5 Å². The van der Waals surface area contributed by atoms with Crippen LogP contribution in [0.1, 0.15) is 43.4 Å². The number of rotatable bonds is 2. The molecule has 0 bridgehead atoms. The van der Waals surface area contributed by atoms with Crippen LogP contribution in [0.2, 0.25) is 0 Å². The van der Waals surface area contributed by atoms with Crippen molar-refractivity contribution in [1.29, 1.82) is 0 Å². The average Bonchev–Trinajstić information content (AvgIpc) is 2.46. The van der Waals surface area contributed by atoms with Gasteiger partial charge in [-0.3, -0.25) is 0 Å². The highest BCUT2D eigenvalue weighted by Gasteiger charge is 2.21. The normalized spacial score (nSPS) is 22.8. The fourth-order valence-electron chi connectivity index (χ4n) is 2.89. The van der Waals surface area contributed by atoms with Gasteiger partial charge in [0.1, 0.15) is 13.2 Å². The van der Waals surface area contributed by atoms with Gasteiger partial charge in [-0.25, -0.2) is 0 Å². The third-order valence-corrected chi connectivity index (χ3v) is 3.87. The van der Waals surface area contributed by atoms with Gasteiger partial charge < -0.3 is 14.8 Å². The monoisotopic (exact) mass is 247 g/mol. The van der Waals surface area contributed by atoms with Crippen molar-refractivity contribution in [3.8, 4) is 11.5 Å². The lowest BCUT2D eigenvalue weighted by Gasteiger charge is -2.28. The quantitative estimate of drug-likeness (QED) is 0.871. The van der Waals surface area contributed by atoms with E-state index in [0.29, 0.717) is 19.3 Å². The summed E-state index contributed by atoms with van der Waals surface area (Å²) in [6.45, 7) is 4.66. The zero-order valence-electron chi connectivity index (χ0n) is 11.0. The molecule has 0 radical (unpaired) electrons. The van der Waals surface area contributed by atoms with Crippen LogP contribution in [0, 0.1) is 0 Å². The van der Waals surface area contributed by atoms with Crippen LogP contribution in [0.5, 0.6) is 11.5 Å². The van der Waals surface area contributed by atoms with Gasteiger partial charge in [0, 0.05) is 6.04 Å². The maximum atomic E-state index is 5.70. The summed E-state index contributed by atoms with van der Waals surface area (Å²) in [4.78, 5) is 0. The Hall–Kier alpha value is -1.22. The fraction of sp³-hybridized carbons (Fsp3) is 0.600. The minimum Gasteiger partial charge on any atom is -0.486 e. The molecule has 3 rings (SSSR count). The summed E-state index contributed by atoms with van der Waals surface area (Å²) in [6, 6.07) is 4.85. The van der Waals surface area contributed by atoms with Crippen molar-refractivity contribution in [3.05, 3.63) is 23.3 Å². The molecule has 1 aromatic rings. The molecule has 18 heavy (non-hydrogen) atoms. The van der Waals surface area contributed by atoms with Crippen molar-refractivity contribution in [2.45, 2.75) is 38.6 Å². The molecule has 0 amide bonds. The minimum absolute atomic E-state index is 0.490. The zero-order chi connectivity index (χ0) is 12.4. The van der Waals surface area contributed by atoms with Crippen molar-refractivity contribution in [1.82, 2.24) is 5.32 Å². The fourth-order valence-corrected chi connectivity index (χ4v) is 2.89. The zero-order valence-corrected chi connectivity index (χ0v) is 11.0. The number of nitrogens with one attached hydrogen (secondary N) is 1. The van der Waals surface area contributed by atoms with Crippen molar-refractivity contribution in [2.75, 3.05) is 19.8 Å². The second kappa shape index (κ2) is 5.19. The third-order valence-electron chi connectivity index (χ3n) is 3.87. The molecule has 2 aliphatic rings. The Morgan fingerprint density at radius 3 is 2.61 bits per heavy atom. The molecular formula is C15H21NO2. The molecule has 98 valence electrons. The molecule has 1 unspecified atom stereocenters. The Morgan fingerprint density at radius 1 is 1.17 bits per heavy atom. The molecule has 1 atom stereocenters. The van der Waals surface area contributed by atoms with E-state index in [9.17, 15) is 0 Å². The van der Waals surface area contributed by atoms with Gasteiger partial charge in [-0.2, -0.15) is 0 Å². The van der Waals surface area contributed by atoms with Crippen LogP contribution < -0.4 is 14.8 Å². The molecule has 3 heteroatoms. The van der Waals surface area contributed by atoms with Crippen LogP contribution in [-0.4, -0.2) is 19.8 Å². The summed E-state index contributed by atoms with van der Waals surface area (Å²) < 4.78 is 11.4. The van der Waals surface area contributed by atoms with E-state index >= 15 is 0 Å². The Morgan fingerprint density at radius 2 is 1.94 bits per heavy atom. The van der Waals surface area contributed by atoms with Crippen LogP contribution in [0.15, 0.2) is 12.1 Å². The summed E-state index contributed by atoms with van der Waals surface area (Å²) in [5.74, 6) is 1.83. The molecule has 1 saturated heterocycles. The number of fused-ring (bicyclic) bond motifs is 1. The van der Waals surface area contributed by atoms with Crippen molar-refractivity contribution in [2.24, 2.45) is 0 Å². The summed E-state index contributed by atoms with van der Waals surface area (Å²) in [5, 5.41) is 3.62. The van der Waals surface area contributed by atoms with Gasteiger partial charge in [0.25, 0.3) is 0 Å². The number of piperidine rings is 1. The minimum atomic E-state index is 0.490. The highest BCUT2D eigenvalue weighted by Crippen LogP contribution is 2.37. The highest BCUT2D eigenvalue weighted by molar-refractivity contribution is 5.49. The third kappa shape index (κ3) is 2.19. The molecule has 0 spiro atoms. The lowest BCUT2D eigenvalue weighted by Crippen LogP contribution is -2.28. The van der Waals surface area contributed by atoms with E-state index < -0.39 is 0 Å².